The van der Waals surface area contributed by atoms with Crippen molar-refractivity contribution in [3.63, 3.8) is 0 Å². The highest BCUT2D eigenvalue weighted by Crippen LogP contribution is 2.84. The summed E-state index contributed by atoms with van der Waals surface area (Å²) in [5, 5.41) is 1.35. The molecular formula is C16H8Cl10O. The molecule has 1 nitrogen and oxygen atoms in total. The predicted molar refractivity (Wildman–Crippen MR) is 115 cm³/mol. The Kier molecular flexibility index (Phi) is 4.43. The molecule has 5 aliphatic rings. The van der Waals surface area contributed by atoms with Crippen LogP contribution in [0.4, 0.5) is 0 Å². The van der Waals surface area contributed by atoms with Crippen LogP contribution >= 0.6 is 116 Å². The van der Waals surface area contributed by atoms with E-state index in [0.717, 1.165) is 0 Å². The molecule has 11 heteroatoms. The first-order chi connectivity index (χ1) is 12.3. The van der Waals surface area contributed by atoms with Crippen molar-refractivity contribution in [2.75, 3.05) is 0 Å². The minimum Gasteiger partial charge on any atom is -0.370 e. The van der Waals surface area contributed by atoms with E-state index in [1.165, 1.54) is 0 Å². The van der Waals surface area contributed by atoms with E-state index in [2.05, 4.69) is 0 Å². The lowest BCUT2D eigenvalue weighted by molar-refractivity contribution is -0.0165. The predicted octanol–water partition coefficient (Wildman–Crippen LogP) is 7.86. The second-order valence-electron chi connectivity index (χ2n) is 7.72. The number of fused-ring (bicyclic) bond motifs is 12. The van der Waals surface area contributed by atoms with Gasteiger partial charge in [-0.15, -0.1) is 23.2 Å². The molecule has 0 aromatic rings. The summed E-state index contributed by atoms with van der Waals surface area (Å²) < 4.78 is 4.76. The standard InChI is InChI=1S/C16H8Cl10O/c1-13-3-2(5(17)7(19)8(20)6(3)18)9(27-13)4-10(13)15(24)12(22)11(21)14(4,23)16(15,25)26/h2-4,9-10H,1H3/t2?,3?,4-,9+,10-,13-,14-,15+/m0/s1. The summed E-state index contributed by atoms with van der Waals surface area (Å²) in [5.74, 6) is -1.69. The molecule has 0 spiro atoms. The van der Waals surface area contributed by atoms with Gasteiger partial charge in [0, 0.05) is 33.7 Å². The van der Waals surface area contributed by atoms with Gasteiger partial charge in [0.1, 0.15) is 9.75 Å². The van der Waals surface area contributed by atoms with Gasteiger partial charge in [0.15, 0.2) is 4.33 Å². The molecule has 1 saturated carbocycles. The number of halogens is 10. The highest BCUT2D eigenvalue weighted by molar-refractivity contribution is 6.65. The summed E-state index contributed by atoms with van der Waals surface area (Å²) in [6, 6.07) is 0. The molecule has 3 aliphatic carbocycles. The highest BCUT2D eigenvalue weighted by atomic mass is 35.5. The molecule has 8 atom stereocenters. The van der Waals surface area contributed by atoms with Crippen LogP contribution in [0.2, 0.25) is 0 Å². The maximum atomic E-state index is 7.02. The molecule has 3 fully saturated rings. The first-order valence-electron chi connectivity index (χ1n) is 7.90. The van der Waals surface area contributed by atoms with Crippen molar-refractivity contribution in [2.24, 2.45) is 23.7 Å². The van der Waals surface area contributed by atoms with Gasteiger partial charge in [-0.05, 0) is 6.92 Å². The first-order valence-corrected chi connectivity index (χ1v) is 11.7. The Morgan fingerprint density at radius 2 is 1.30 bits per heavy atom. The lowest BCUT2D eigenvalue weighted by atomic mass is 9.58. The Bertz CT molecular complexity index is 907. The highest BCUT2D eigenvalue weighted by Gasteiger charge is 2.91. The van der Waals surface area contributed by atoms with Crippen LogP contribution in [0.15, 0.2) is 30.2 Å². The normalized spacial score (nSPS) is 55.0. The van der Waals surface area contributed by atoms with E-state index in [-0.39, 0.29) is 26.0 Å². The molecule has 2 unspecified atom stereocenters. The fraction of sp³-hybridized carbons (Fsp3) is 0.625. The summed E-state index contributed by atoms with van der Waals surface area (Å²) in [4.78, 5) is -2.88. The van der Waals surface area contributed by atoms with Crippen LogP contribution in [0.5, 0.6) is 0 Å². The molecule has 0 aromatic heterocycles. The SMILES string of the molecule is C[C@]12O[C@H](C3C(Cl)=C(Cl)C(Cl)=C(Cl)C31)[C@H]1[C@@H]2[C@@]2(Cl)C(Cl)=C(Cl)[C@]1(Cl)C2(Cl)Cl. The molecule has 0 N–H and O–H groups in total. The van der Waals surface area contributed by atoms with Crippen LogP contribution in [0.3, 0.4) is 0 Å². The Morgan fingerprint density at radius 1 is 0.778 bits per heavy atom. The van der Waals surface area contributed by atoms with Crippen molar-refractivity contribution in [1.29, 1.82) is 0 Å². The minimum absolute atomic E-state index is 0.127. The smallest absolute Gasteiger partial charge is 0.167 e. The summed E-state index contributed by atoms with van der Waals surface area (Å²) in [5.41, 5.74) is -0.930. The van der Waals surface area contributed by atoms with Crippen molar-refractivity contribution in [2.45, 2.75) is 32.7 Å². The molecular weight excluding hydrogens is 563 g/mol. The van der Waals surface area contributed by atoms with Gasteiger partial charge in [0.25, 0.3) is 0 Å². The lowest BCUT2D eigenvalue weighted by Gasteiger charge is -2.48. The van der Waals surface area contributed by atoms with E-state index in [4.69, 9.17) is 121 Å². The van der Waals surface area contributed by atoms with E-state index in [1.807, 2.05) is 6.92 Å². The molecule has 0 aromatic carbocycles. The van der Waals surface area contributed by atoms with Gasteiger partial charge in [-0.3, -0.25) is 0 Å². The summed E-state index contributed by atoms with van der Waals surface area (Å²) in [6.45, 7) is 1.87. The van der Waals surface area contributed by atoms with Gasteiger partial charge in [-0.2, -0.15) is 0 Å². The van der Waals surface area contributed by atoms with Crippen LogP contribution < -0.4 is 0 Å². The molecule has 0 amide bonds. The number of ether oxygens (including phenoxy) is 1. The lowest BCUT2D eigenvalue weighted by Crippen LogP contribution is -2.55. The first kappa shape index (κ1) is 21.0. The molecule has 2 heterocycles. The van der Waals surface area contributed by atoms with Crippen LogP contribution in [0.25, 0.3) is 0 Å². The number of rotatable bonds is 0. The van der Waals surface area contributed by atoms with Crippen LogP contribution in [0.1, 0.15) is 6.92 Å². The van der Waals surface area contributed by atoms with Crippen molar-refractivity contribution < 1.29 is 4.74 Å². The van der Waals surface area contributed by atoms with E-state index < -0.39 is 43.5 Å². The van der Waals surface area contributed by atoms with Crippen LogP contribution in [0, 0.1) is 23.7 Å². The van der Waals surface area contributed by atoms with Crippen molar-refractivity contribution >= 4 is 116 Å². The molecule has 148 valence electrons. The summed E-state index contributed by atoms with van der Waals surface area (Å²) in [7, 11) is 0. The molecule has 2 aliphatic heterocycles. The van der Waals surface area contributed by atoms with Gasteiger partial charge in [-0.1, -0.05) is 92.8 Å². The minimum atomic E-state index is -1.66. The molecule has 2 saturated heterocycles. The maximum absolute atomic E-state index is 7.02. The largest absolute Gasteiger partial charge is 0.370 e. The van der Waals surface area contributed by atoms with E-state index >= 15 is 0 Å². The van der Waals surface area contributed by atoms with Crippen molar-refractivity contribution in [1.82, 2.24) is 0 Å². The quantitative estimate of drug-likeness (QED) is 0.270. The van der Waals surface area contributed by atoms with Gasteiger partial charge in [0.05, 0.1) is 31.8 Å². The third-order valence-electron chi connectivity index (χ3n) is 6.86. The third-order valence-corrected chi connectivity index (χ3v) is 13.1. The van der Waals surface area contributed by atoms with Gasteiger partial charge in [-0.25, -0.2) is 0 Å². The van der Waals surface area contributed by atoms with Crippen molar-refractivity contribution in [3.05, 3.63) is 30.2 Å². The zero-order valence-electron chi connectivity index (χ0n) is 13.1. The second kappa shape index (κ2) is 5.70. The van der Waals surface area contributed by atoms with E-state index in [0.29, 0.717) is 10.1 Å². The Morgan fingerprint density at radius 3 is 1.89 bits per heavy atom. The van der Waals surface area contributed by atoms with Gasteiger partial charge >= 0.3 is 0 Å². The monoisotopic (exact) mass is 566 g/mol. The Labute approximate surface area is 205 Å². The summed E-state index contributed by atoms with van der Waals surface area (Å²) >= 11 is 66.3. The average Bonchev–Trinajstić information content (AvgIpc) is 3.16. The van der Waals surface area contributed by atoms with Crippen molar-refractivity contribution in [3.8, 4) is 0 Å². The number of hydrogen-bond donors (Lipinski definition) is 0. The van der Waals surface area contributed by atoms with Crippen LogP contribution in [-0.4, -0.2) is 25.8 Å². The van der Waals surface area contributed by atoms with E-state index in [9.17, 15) is 0 Å². The van der Waals surface area contributed by atoms with Gasteiger partial charge < -0.3 is 4.74 Å². The molecule has 27 heavy (non-hydrogen) atoms. The van der Waals surface area contributed by atoms with E-state index in [1.54, 1.807) is 0 Å². The topological polar surface area (TPSA) is 9.23 Å². The third kappa shape index (κ3) is 1.87. The second-order valence-corrected chi connectivity index (χ2v) is 12.6. The Balaban J connectivity index is 1.80. The Hall–Kier alpha value is 2.08. The van der Waals surface area contributed by atoms with Crippen LogP contribution in [-0.2, 0) is 4.74 Å². The van der Waals surface area contributed by atoms with Gasteiger partial charge in [0.2, 0.25) is 0 Å². The maximum Gasteiger partial charge on any atom is 0.167 e. The summed E-state index contributed by atoms with van der Waals surface area (Å²) in [6.07, 6.45) is -0.515. The fourth-order valence-corrected chi connectivity index (χ4v) is 10.4. The average molecular weight is 571 g/mol. The molecule has 0 radical (unpaired) electrons. The molecule has 5 rings (SSSR count). The fourth-order valence-electron chi connectivity index (χ4n) is 5.93. The number of hydrogen-bond acceptors (Lipinski definition) is 1. The molecule has 4 bridgehead atoms. The zero-order valence-corrected chi connectivity index (χ0v) is 20.6. The number of allylic oxidation sites excluding steroid dienone is 4. The number of alkyl halides is 4. The zero-order chi connectivity index (χ0) is 20.1.